The Morgan fingerprint density at radius 3 is 2.80 bits per heavy atom. The Hall–Kier alpha value is -0.880. The van der Waals surface area contributed by atoms with Gasteiger partial charge in [0.05, 0.1) is 24.6 Å². The molecule has 7 heteroatoms. The number of nitrogens with one attached hydrogen (secondary N) is 2. The van der Waals surface area contributed by atoms with Crippen molar-refractivity contribution in [1.82, 2.24) is 10.3 Å². The maximum Gasteiger partial charge on any atom is 0.226 e. The van der Waals surface area contributed by atoms with Gasteiger partial charge in [-0.05, 0) is 26.0 Å². The van der Waals surface area contributed by atoms with Crippen LogP contribution in [0.4, 0.5) is 5.69 Å². The number of nitrogens with zero attached hydrogens (tertiary/aromatic N) is 1. The smallest absolute Gasteiger partial charge is 0.226 e. The molecule has 0 spiro atoms. The van der Waals surface area contributed by atoms with Crippen LogP contribution in [0.25, 0.3) is 0 Å². The quantitative estimate of drug-likeness (QED) is 0.892. The Kier molecular flexibility index (Phi) is 8.73. The van der Waals surface area contributed by atoms with Gasteiger partial charge in [-0.1, -0.05) is 0 Å². The zero-order valence-electron chi connectivity index (χ0n) is 11.6. The maximum absolute atomic E-state index is 11.9. The second-order valence-electron chi connectivity index (χ2n) is 4.56. The van der Waals surface area contributed by atoms with Crippen LogP contribution in [0.3, 0.4) is 0 Å². The minimum absolute atomic E-state index is 0. The van der Waals surface area contributed by atoms with E-state index in [4.69, 9.17) is 4.74 Å². The zero-order valence-corrected chi connectivity index (χ0v) is 13.3. The lowest BCUT2D eigenvalue weighted by molar-refractivity contribution is -0.117. The van der Waals surface area contributed by atoms with Gasteiger partial charge >= 0.3 is 0 Å². The molecule has 2 rings (SSSR count). The van der Waals surface area contributed by atoms with Crippen molar-refractivity contribution in [3.05, 3.63) is 23.5 Å². The molecule has 1 unspecified atom stereocenters. The van der Waals surface area contributed by atoms with Crippen molar-refractivity contribution in [3.63, 3.8) is 0 Å². The molecule has 2 heterocycles. The summed E-state index contributed by atoms with van der Waals surface area (Å²) in [6.45, 7) is 5.95. The highest BCUT2D eigenvalue weighted by Gasteiger charge is 2.17. The molecule has 0 radical (unpaired) electrons. The van der Waals surface area contributed by atoms with Gasteiger partial charge in [0.15, 0.2) is 0 Å². The van der Waals surface area contributed by atoms with Crippen molar-refractivity contribution in [2.24, 2.45) is 0 Å². The van der Waals surface area contributed by atoms with Crippen LogP contribution in [0.15, 0.2) is 12.1 Å². The Labute approximate surface area is 131 Å². The van der Waals surface area contributed by atoms with Crippen LogP contribution >= 0.6 is 24.8 Å². The van der Waals surface area contributed by atoms with Crippen molar-refractivity contribution in [2.45, 2.75) is 26.3 Å². The zero-order chi connectivity index (χ0) is 13.0. The molecular weight excluding hydrogens is 301 g/mol. The Morgan fingerprint density at radius 2 is 2.20 bits per heavy atom. The summed E-state index contributed by atoms with van der Waals surface area (Å²) in [5.41, 5.74) is 2.58. The fourth-order valence-corrected chi connectivity index (χ4v) is 1.99. The second-order valence-corrected chi connectivity index (χ2v) is 4.56. The predicted molar refractivity (Wildman–Crippen MR) is 84.1 cm³/mol. The number of hydrogen-bond acceptors (Lipinski definition) is 4. The van der Waals surface area contributed by atoms with Gasteiger partial charge in [0, 0.05) is 24.7 Å². The van der Waals surface area contributed by atoms with Crippen LogP contribution in [0.1, 0.15) is 17.8 Å². The van der Waals surface area contributed by atoms with E-state index in [0.717, 1.165) is 30.2 Å². The molecule has 1 fully saturated rings. The van der Waals surface area contributed by atoms with E-state index >= 15 is 0 Å². The predicted octanol–water partition coefficient (Wildman–Crippen LogP) is 1.86. The van der Waals surface area contributed by atoms with Gasteiger partial charge in [0.2, 0.25) is 5.91 Å². The van der Waals surface area contributed by atoms with Gasteiger partial charge in [0.25, 0.3) is 0 Å². The van der Waals surface area contributed by atoms with E-state index in [1.807, 2.05) is 26.0 Å². The van der Waals surface area contributed by atoms with E-state index in [2.05, 4.69) is 15.6 Å². The van der Waals surface area contributed by atoms with E-state index < -0.39 is 0 Å². The first-order valence-electron chi connectivity index (χ1n) is 6.20. The lowest BCUT2D eigenvalue weighted by atomic mass is 10.2. The fraction of sp³-hybridized carbons (Fsp3) is 0.538. The van der Waals surface area contributed by atoms with Crippen molar-refractivity contribution in [3.8, 4) is 0 Å². The van der Waals surface area contributed by atoms with Crippen LogP contribution in [-0.4, -0.2) is 36.7 Å². The third-order valence-corrected chi connectivity index (χ3v) is 2.93. The highest BCUT2D eigenvalue weighted by Crippen LogP contribution is 2.13. The average molecular weight is 322 g/mol. The first kappa shape index (κ1) is 19.1. The first-order valence-corrected chi connectivity index (χ1v) is 6.20. The SMILES string of the molecule is Cc1ccc(NC(=O)CC2COCCN2)c(C)n1.Cl.Cl. The Morgan fingerprint density at radius 1 is 1.45 bits per heavy atom. The van der Waals surface area contributed by atoms with Crippen LogP contribution in [0.2, 0.25) is 0 Å². The lowest BCUT2D eigenvalue weighted by Crippen LogP contribution is -2.43. The average Bonchev–Trinajstić information content (AvgIpc) is 2.34. The van der Waals surface area contributed by atoms with Gasteiger partial charge < -0.3 is 15.4 Å². The minimum atomic E-state index is -0.00764. The molecule has 1 amide bonds. The summed E-state index contributed by atoms with van der Waals surface area (Å²) in [5.74, 6) is -0.00764. The molecule has 1 aromatic rings. The number of halogens is 2. The van der Waals surface area contributed by atoms with Crippen LogP contribution < -0.4 is 10.6 Å². The molecule has 2 N–H and O–H groups in total. The summed E-state index contributed by atoms with van der Waals surface area (Å²) >= 11 is 0. The molecule has 114 valence electrons. The summed E-state index contributed by atoms with van der Waals surface area (Å²) in [5, 5.41) is 6.15. The topological polar surface area (TPSA) is 63.2 Å². The number of carbonyl (C=O) groups excluding carboxylic acids is 1. The standard InChI is InChI=1S/C13H19N3O2.2ClH/c1-9-3-4-12(10(2)15-9)16-13(17)7-11-8-18-6-5-14-11;;/h3-4,11,14H,5-8H2,1-2H3,(H,16,17);2*1H. The molecule has 0 bridgehead atoms. The van der Waals surface area contributed by atoms with Gasteiger partial charge in [-0.15, -0.1) is 24.8 Å². The molecule has 1 saturated heterocycles. The van der Waals surface area contributed by atoms with Gasteiger partial charge in [0.1, 0.15) is 0 Å². The monoisotopic (exact) mass is 321 g/mol. The summed E-state index contributed by atoms with van der Waals surface area (Å²) in [6.07, 6.45) is 0.424. The largest absolute Gasteiger partial charge is 0.378 e. The van der Waals surface area contributed by atoms with Crippen molar-refractivity contribution in [1.29, 1.82) is 0 Å². The molecule has 1 aromatic heterocycles. The molecule has 20 heavy (non-hydrogen) atoms. The third kappa shape index (κ3) is 5.63. The fourth-order valence-electron chi connectivity index (χ4n) is 1.99. The van der Waals surface area contributed by atoms with Crippen molar-refractivity contribution in [2.75, 3.05) is 25.1 Å². The van der Waals surface area contributed by atoms with E-state index in [-0.39, 0.29) is 36.8 Å². The molecule has 0 saturated carbocycles. The number of hydrogen-bond donors (Lipinski definition) is 2. The maximum atomic E-state index is 11.9. The molecule has 1 atom stereocenters. The number of ether oxygens (including phenoxy) is 1. The first-order chi connectivity index (χ1) is 8.65. The normalized spacial score (nSPS) is 17.6. The Bertz CT molecular complexity index is 438. The van der Waals surface area contributed by atoms with Crippen molar-refractivity contribution >= 4 is 36.4 Å². The van der Waals surface area contributed by atoms with Crippen LogP contribution in [-0.2, 0) is 9.53 Å². The van der Waals surface area contributed by atoms with E-state index in [1.165, 1.54) is 0 Å². The number of amides is 1. The summed E-state index contributed by atoms with van der Waals surface area (Å²) < 4.78 is 5.32. The third-order valence-electron chi connectivity index (χ3n) is 2.93. The summed E-state index contributed by atoms with van der Waals surface area (Å²) in [4.78, 5) is 16.2. The summed E-state index contributed by atoms with van der Waals surface area (Å²) in [6, 6.07) is 3.89. The van der Waals surface area contributed by atoms with E-state index in [9.17, 15) is 4.79 Å². The number of carbonyl (C=O) groups is 1. The highest BCUT2D eigenvalue weighted by atomic mass is 35.5. The van der Waals surface area contributed by atoms with Crippen LogP contribution in [0.5, 0.6) is 0 Å². The Balaban J connectivity index is 0.00000180. The second kappa shape index (κ2) is 9.13. The van der Waals surface area contributed by atoms with E-state index in [0.29, 0.717) is 13.0 Å². The lowest BCUT2D eigenvalue weighted by Gasteiger charge is -2.23. The molecule has 0 aliphatic carbocycles. The number of anilines is 1. The number of rotatable bonds is 3. The molecule has 1 aliphatic heterocycles. The number of pyridine rings is 1. The molecular formula is C13H21Cl2N3O2. The van der Waals surface area contributed by atoms with Gasteiger partial charge in [-0.25, -0.2) is 0 Å². The number of morpholine rings is 1. The molecule has 5 nitrogen and oxygen atoms in total. The van der Waals surface area contributed by atoms with E-state index in [1.54, 1.807) is 0 Å². The summed E-state index contributed by atoms with van der Waals surface area (Å²) in [7, 11) is 0. The molecule has 0 aromatic carbocycles. The number of aromatic nitrogens is 1. The van der Waals surface area contributed by atoms with Gasteiger partial charge in [-0.2, -0.15) is 0 Å². The highest BCUT2D eigenvalue weighted by molar-refractivity contribution is 5.91. The number of aryl methyl sites for hydroxylation is 2. The van der Waals surface area contributed by atoms with Crippen molar-refractivity contribution < 1.29 is 9.53 Å². The minimum Gasteiger partial charge on any atom is -0.378 e. The van der Waals surface area contributed by atoms with Crippen LogP contribution in [0, 0.1) is 13.8 Å². The van der Waals surface area contributed by atoms with Gasteiger partial charge in [-0.3, -0.25) is 9.78 Å². The molecule has 1 aliphatic rings.